The summed E-state index contributed by atoms with van der Waals surface area (Å²) >= 11 is 5.75. The van der Waals surface area contributed by atoms with Gasteiger partial charge in [0.1, 0.15) is 5.75 Å². The van der Waals surface area contributed by atoms with E-state index in [1.807, 2.05) is 0 Å². The third kappa shape index (κ3) is 3.00. The van der Waals surface area contributed by atoms with Gasteiger partial charge in [-0.25, -0.2) is 9.78 Å². The fourth-order valence-corrected chi connectivity index (χ4v) is 1.82. The minimum atomic E-state index is -0.521. The fourth-order valence-electron chi connectivity index (χ4n) is 1.66. The molecular weight excluding hydrogens is 268 g/mol. The van der Waals surface area contributed by atoms with Gasteiger partial charge in [-0.2, -0.15) is 0 Å². The quantitative estimate of drug-likeness (QED) is 0.800. The number of benzene rings is 1. The number of ketones is 1. The van der Waals surface area contributed by atoms with Crippen LogP contribution in [-0.4, -0.2) is 22.4 Å². The Labute approximate surface area is 114 Å². The van der Waals surface area contributed by atoms with Crippen molar-refractivity contribution in [1.29, 1.82) is 0 Å². The molecule has 0 radical (unpaired) electrons. The van der Waals surface area contributed by atoms with Gasteiger partial charge in [0, 0.05) is 6.20 Å². The summed E-state index contributed by atoms with van der Waals surface area (Å²) in [6.07, 6.45) is 2.62. The standard InChI is InChI=1S/C13H11ClN2O3/c1-19-12-5-3-2-4-10(12)11(17)8-16-7-9(14)6-15-13(16)18/h2-7H,8H2,1H3. The number of methoxy groups -OCH3 is 1. The van der Waals surface area contributed by atoms with Gasteiger partial charge in [0.15, 0.2) is 5.78 Å². The predicted molar refractivity (Wildman–Crippen MR) is 70.8 cm³/mol. The molecule has 2 aromatic rings. The van der Waals surface area contributed by atoms with E-state index in [0.29, 0.717) is 16.3 Å². The molecule has 1 heterocycles. The van der Waals surface area contributed by atoms with Gasteiger partial charge in [-0.3, -0.25) is 9.36 Å². The van der Waals surface area contributed by atoms with Crippen LogP contribution in [0.3, 0.4) is 0 Å². The first-order valence-corrected chi connectivity index (χ1v) is 5.88. The molecule has 0 saturated carbocycles. The van der Waals surface area contributed by atoms with Gasteiger partial charge in [0.05, 0.1) is 30.4 Å². The highest BCUT2D eigenvalue weighted by Gasteiger charge is 2.13. The van der Waals surface area contributed by atoms with Crippen LogP contribution in [-0.2, 0) is 6.54 Å². The molecule has 6 heteroatoms. The molecule has 2 rings (SSSR count). The van der Waals surface area contributed by atoms with Crippen molar-refractivity contribution >= 4 is 17.4 Å². The Morgan fingerprint density at radius 2 is 2.16 bits per heavy atom. The summed E-state index contributed by atoms with van der Waals surface area (Å²) < 4.78 is 6.27. The van der Waals surface area contributed by atoms with Crippen molar-refractivity contribution in [3.05, 3.63) is 57.7 Å². The zero-order chi connectivity index (χ0) is 13.8. The molecule has 0 atom stereocenters. The zero-order valence-corrected chi connectivity index (χ0v) is 10.9. The summed E-state index contributed by atoms with van der Waals surface area (Å²) in [5, 5.41) is 0.299. The molecule has 19 heavy (non-hydrogen) atoms. The Morgan fingerprint density at radius 3 is 2.89 bits per heavy atom. The van der Waals surface area contributed by atoms with Gasteiger partial charge in [-0.05, 0) is 12.1 Å². The van der Waals surface area contributed by atoms with Crippen LogP contribution in [0.4, 0.5) is 0 Å². The first kappa shape index (κ1) is 13.3. The molecule has 0 fully saturated rings. The molecule has 0 saturated heterocycles. The van der Waals surface area contributed by atoms with Gasteiger partial charge in [-0.1, -0.05) is 23.7 Å². The Bertz CT molecular complexity index is 667. The number of hydrogen-bond donors (Lipinski definition) is 0. The van der Waals surface area contributed by atoms with E-state index in [2.05, 4.69) is 4.98 Å². The molecule has 0 aliphatic carbocycles. The Hall–Kier alpha value is -2.14. The van der Waals surface area contributed by atoms with E-state index in [9.17, 15) is 9.59 Å². The van der Waals surface area contributed by atoms with E-state index in [1.54, 1.807) is 24.3 Å². The average molecular weight is 279 g/mol. The lowest BCUT2D eigenvalue weighted by Gasteiger charge is -2.08. The number of Topliss-reactive ketones (excluding diaryl/α,β-unsaturated/α-hetero) is 1. The highest BCUT2D eigenvalue weighted by atomic mass is 35.5. The first-order valence-electron chi connectivity index (χ1n) is 5.50. The van der Waals surface area contributed by atoms with E-state index < -0.39 is 5.69 Å². The summed E-state index contributed by atoms with van der Waals surface area (Å²) in [4.78, 5) is 27.2. The third-order valence-corrected chi connectivity index (χ3v) is 2.74. The molecule has 0 bridgehead atoms. The predicted octanol–water partition coefficient (Wildman–Crippen LogP) is 1.79. The van der Waals surface area contributed by atoms with Crippen molar-refractivity contribution in [2.75, 3.05) is 7.11 Å². The molecule has 0 aliphatic heterocycles. The fraction of sp³-hybridized carbons (Fsp3) is 0.154. The monoisotopic (exact) mass is 278 g/mol. The van der Waals surface area contributed by atoms with Crippen LogP contribution in [0.5, 0.6) is 5.75 Å². The summed E-state index contributed by atoms with van der Waals surface area (Å²) in [6.45, 7) is -0.132. The number of ether oxygens (including phenoxy) is 1. The number of carbonyl (C=O) groups excluding carboxylic acids is 1. The molecule has 0 amide bonds. The van der Waals surface area contributed by atoms with Crippen LogP contribution >= 0.6 is 11.6 Å². The van der Waals surface area contributed by atoms with E-state index in [4.69, 9.17) is 16.3 Å². The van der Waals surface area contributed by atoms with Crippen LogP contribution in [0, 0.1) is 0 Å². The Kier molecular flexibility index (Phi) is 3.97. The van der Waals surface area contributed by atoms with Crippen molar-refractivity contribution in [3.63, 3.8) is 0 Å². The first-order chi connectivity index (χ1) is 9.11. The molecule has 1 aromatic carbocycles. The Balaban J connectivity index is 2.31. The van der Waals surface area contributed by atoms with Gasteiger partial charge in [0.25, 0.3) is 0 Å². The smallest absolute Gasteiger partial charge is 0.348 e. The normalized spacial score (nSPS) is 10.2. The van der Waals surface area contributed by atoms with Crippen LogP contribution < -0.4 is 10.4 Å². The lowest BCUT2D eigenvalue weighted by atomic mass is 10.1. The number of aromatic nitrogens is 2. The van der Waals surface area contributed by atoms with Crippen LogP contribution in [0.2, 0.25) is 5.02 Å². The number of hydrogen-bond acceptors (Lipinski definition) is 4. The molecule has 0 unspecified atom stereocenters. The minimum Gasteiger partial charge on any atom is -0.496 e. The molecule has 98 valence electrons. The van der Waals surface area contributed by atoms with Crippen molar-refractivity contribution < 1.29 is 9.53 Å². The second kappa shape index (κ2) is 5.67. The maximum atomic E-state index is 12.1. The maximum Gasteiger partial charge on any atom is 0.348 e. The lowest BCUT2D eigenvalue weighted by Crippen LogP contribution is -2.25. The SMILES string of the molecule is COc1ccccc1C(=O)Cn1cc(Cl)cnc1=O. The second-order valence-electron chi connectivity index (χ2n) is 3.81. The summed E-state index contributed by atoms with van der Waals surface area (Å²) in [5.41, 5.74) is -0.107. The third-order valence-electron chi connectivity index (χ3n) is 2.54. The highest BCUT2D eigenvalue weighted by molar-refractivity contribution is 6.30. The van der Waals surface area contributed by atoms with E-state index in [1.165, 1.54) is 19.5 Å². The molecule has 5 nitrogen and oxygen atoms in total. The molecule has 0 N–H and O–H groups in total. The molecule has 0 aliphatic rings. The highest BCUT2D eigenvalue weighted by Crippen LogP contribution is 2.18. The minimum absolute atomic E-state index is 0.132. The topological polar surface area (TPSA) is 61.2 Å². The van der Waals surface area contributed by atoms with Crippen LogP contribution in [0.25, 0.3) is 0 Å². The summed E-state index contributed by atoms with van der Waals surface area (Å²) in [7, 11) is 1.49. The molecule has 0 spiro atoms. The average Bonchev–Trinajstić information content (AvgIpc) is 2.42. The number of carbonyl (C=O) groups is 1. The number of para-hydroxylation sites is 1. The largest absolute Gasteiger partial charge is 0.496 e. The van der Waals surface area contributed by atoms with E-state index in [0.717, 1.165) is 4.57 Å². The van der Waals surface area contributed by atoms with Crippen molar-refractivity contribution in [1.82, 2.24) is 9.55 Å². The zero-order valence-electron chi connectivity index (χ0n) is 10.2. The second-order valence-corrected chi connectivity index (χ2v) is 4.24. The molecular formula is C13H11ClN2O3. The van der Waals surface area contributed by atoms with Crippen molar-refractivity contribution in [3.8, 4) is 5.75 Å². The van der Waals surface area contributed by atoms with Gasteiger partial charge in [0.2, 0.25) is 0 Å². The summed E-state index contributed by atoms with van der Waals surface area (Å²) in [5.74, 6) is 0.221. The summed E-state index contributed by atoms with van der Waals surface area (Å²) in [6, 6.07) is 6.83. The van der Waals surface area contributed by atoms with E-state index >= 15 is 0 Å². The van der Waals surface area contributed by atoms with E-state index in [-0.39, 0.29) is 12.3 Å². The van der Waals surface area contributed by atoms with Crippen LogP contribution in [0.1, 0.15) is 10.4 Å². The number of nitrogens with zero attached hydrogens (tertiary/aromatic N) is 2. The molecule has 1 aromatic heterocycles. The van der Waals surface area contributed by atoms with Crippen molar-refractivity contribution in [2.45, 2.75) is 6.54 Å². The van der Waals surface area contributed by atoms with Crippen LogP contribution in [0.15, 0.2) is 41.5 Å². The Morgan fingerprint density at radius 1 is 1.42 bits per heavy atom. The number of halogens is 1. The van der Waals surface area contributed by atoms with Crippen molar-refractivity contribution in [2.24, 2.45) is 0 Å². The number of rotatable bonds is 4. The van der Waals surface area contributed by atoms with Gasteiger partial charge >= 0.3 is 5.69 Å². The lowest BCUT2D eigenvalue weighted by molar-refractivity contribution is 0.0967. The van der Waals surface area contributed by atoms with Gasteiger partial charge in [-0.15, -0.1) is 0 Å². The van der Waals surface area contributed by atoms with Gasteiger partial charge < -0.3 is 4.74 Å². The maximum absolute atomic E-state index is 12.1.